The largest absolute Gasteiger partial charge is 0.480 e. The second kappa shape index (κ2) is 32.8. The molecule has 3 heterocycles. The number of likely N-dealkylation sites (tertiary alicyclic amines) is 2. The van der Waals surface area contributed by atoms with Gasteiger partial charge in [-0.05, 0) is 75.1 Å². The number of imide groups is 1. The molecule has 8 N–H and O–H groups in total. The lowest BCUT2D eigenvalue weighted by atomic mass is 9.89. The first kappa shape index (κ1) is 68.5. The number of carboxylic acid groups (broad SMARTS) is 1. The van der Waals surface area contributed by atoms with Crippen LogP contribution < -0.4 is 27.2 Å². The van der Waals surface area contributed by atoms with Gasteiger partial charge in [0.05, 0.1) is 48.7 Å². The van der Waals surface area contributed by atoms with Crippen molar-refractivity contribution in [3.63, 3.8) is 0 Å². The van der Waals surface area contributed by atoms with Crippen molar-refractivity contribution in [1.82, 2.24) is 46.1 Å². The van der Waals surface area contributed by atoms with Gasteiger partial charge in [-0.3, -0.25) is 63.8 Å². The number of carbonyl (C=O) groups excluding carboxylic acids is 9. The molecule has 2 aliphatic heterocycles. The smallest absolute Gasteiger partial charge is 0.326 e. The summed E-state index contributed by atoms with van der Waals surface area (Å²) in [6, 6.07) is 2.64. The molecule has 2 fully saturated rings. The lowest BCUT2D eigenvalue weighted by molar-refractivity contribution is -0.148. The number of methoxy groups -OCH3 is 2. The summed E-state index contributed by atoms with van der Waals surface area (Å²) in [5.74, 6) is -7.57. The Kier molecular flexibility index (Phi) is 27.4. The number of fused-ring (bicyclic) bond motifs is 1. The first-order valence-corrected chi connectivity index (χ1v) is 29.5. The third kappa shape index (κ3) is 18.3. The number of nitrogens with two attached hydrogens (primary N) is 1. The van der Waals surface area contributed by atoms with E-state index >= 15 is 0 Å². The van der Waals surface area contributed by atoms with Crippen molar-refractivity contribution in [2.45, 2.75) is 174 Å². The summed E-state index contributed by atoms with van der Waals surface area (Å²) in [5, 5.41) is 16.8. The van der Waals surface area contributed by atoms with Crippen LogP contribution in [0.3, 0.4) is 0 Å². The third-order valence-corrected chi connectivity index (χ3v) is 16.7. The Morgan fingerprint density at radius 2 is 1.54 bits per heavy atom. The summed E-state index contributed by atoms with van der Waals surface area (Å²) < 4.78 is 12.0. The summed E-state index contributed by atoms with van der Waals surface area (Å²) in [5.41, 5.74) is 12.2. The Morgan fingerprint density at radius 1 is 0.878 bits per heavy atom. The number of benzene rings is 1. The van der Waals surface area contributed by atoms with E-state index in [1.54, 1.807) is 37.0 Å². The molecule has 1 aromatic carbocycles. The normalized spacial score (nSPS) is 18.9. The third-order valence-electron chi connectivity index (χ3n) is 16.3. The molecule has 24 heteroatoms. The molecule has 0 spiro atoms. The number of carboxylic acids is 1. The Hall–Kier alpha value is -5.95. The fourth-order valence-corrected chi connectivity index (χ4v) is 11.6. The molecule has 0 radical (unpaired) electrons. The summed E-state index contributed by atoms with van der Waals surface area (Å²) in [6.45, 7) is 14.0. The number of carbonyl (C=O) groups is 10. The molecule has 8 amide bonds. The zero-order chi connectivity index (χ0) is 61.1. The Labute approximate surface area is 488 Å². The van der Waals surface area contributed by atoms with Gasteiger partial charge in [0.25, 0.3) is 0 Å². The number of ketones is 1. The molecule has 23 nitrogen and oxygen atoms in total. The van der Waals surface area contributed by atoms with Crippen molar-refractivity contribution in [3.05, 3.63) is 36.0 Å². The number of aliphatic carboxylic acids is 1. The Balaban J connectivity index is 1.30. The number of amides is 8. The van der Waals surface area contributed by atoms with Crippen LogP contribution in [0.2, 0.25) is 0 Å². The maximum atomic E-state index is 14.7. The van der Waals surface area contributed by atoms with Gasteiger partial charge in [0, 0.05) is 82.9 Å². The number of rotatable bonds is 34. The number of para-hydroxylation sites is 1. The average molecular weight is 1170 g/mol. The van der Waals surface area contributed by atoms with E-state index in [1.165, 1.54) is 14.2 Å². The van der Waals surface area contributed by atoms with Gasteiger partial charge in [0.2, 0.25) is 47.3 Å². The van der Waals surface area contributed by atoms with Gasteiger partial charge in [-0.15, -0.1) is 0 Å². The number of thiol groups is 1. The SMILES string of the molecule is CC[C@H](C)[C@@H]([C@@H](CC(=O)N1CCC[C@H]1[C@H](OC)[C@@H](C)C(=O)N[C@@H](Cc1c[nH]c2ccccc12)C(=O)O)OC)N(C)C(=O)[C@@H](NC(=O)[C@H](C(C)C)N(C)CCCC(=O)NNC(=O)CCCCCN1C(=O)CC(C(=O)[C@@H](N)CS)C1=O)C(C)C. The minimum absolute atomic E-state index is 0.0414. The zero-order valence-corrected chi connectivity index (χ0v) is 50.8. The molecule has 2 aromatic rings. The van der Waals surface area contributed by atoms with E-state index in [9.17, 15) is 53.1 Å². The molecule has 458 valence electrons. The number of H-pyrrole nitrogens is 1. The van der Waals surface area contributed by atoms with Crippen LogP contribution in [0, 0.1) is 29.6 Å². The quantitative estimate of drug-likeness (QED) is 0.0164. The zero-order valence-electron chi connectivity index (χ0n) is 49.9. The van der Waals surface area contributed by atoms with E-state index in [2.05, 4.69) is 39.1 Å². The Bertz CT molecular complexity index is 2530. The molecule has 0 saturated carbocycles. The van der Waals surface area contributed by atoms with Crippen molar-refractivity contribution < 1.29 is 62.5 Å². The number of Topliss-reactive ketones (excluding diaryl/α,β-unsaturated/α-hetero) is 1. The van der Waals surface area contributed by atoms with Gasteiger partial charge in [-0.1, -0.05) is 79.5 Å². The number of aromatic amines is 1. The van der Waals surface area contributed by atoms with Crippen molar-refractivity contribution in [2.24, 2.45) is 35.3 Å². The standard InChI is InChI=1S/C58H92N10O13S/c1-12-35(6)51(44(80-10)30-48(72)67-27-18-22-43(67)53(81-11)36(7)54(74)61-42(58(78)79)28-37-31-60-41-21-16-15-20-38(37)41)66(9)57(77)49(33(2)3)62-55(75)50(34(4)5)65(8)25-19-24-46(70)64-63-45(69)23-14-13-17-26-68-47(71)29-39(56(68)76)52(73)40(59)32-82/h15-16,20-21,31,33-36,39-40,42-44,49-51,53,60,82H,12-14,17-19,22-30,32,59H2,1-11H3,(H,61,74)(H,62,75)(H,63,69)(H,64,70)(H,78,79)/t35-,36+,39?,40-,42-,43-,44+,49-,50-,51-,53+/m0/s1. The van der Waals surface area contributed by atoms with Crippen LogP contribution in [0.4, 0.5) is 0 Å². The molecule has 2 aliphatic rings. The highest BCUT2D eigenvalue weighted by Gasteiger charge is 2.45. The fraction of sp³-hybridized carbons (Fsp3) is 0.690. The van der Waals surface area contributed by atoms with E-state index in [1.807, 2.05) is 70.7 Å². The average Bonchev–Trinajstić information content (AvgIpc) is 4.21. The first-order valence-electron chi connectivity index (χ1n) is 28.9. The number of likely N-dealkylation sites (N-methyl/N-ethyl adjacent to an activating group) is 2. The predicted octanol–water partition coefficient (Wildman–Crippen LogP) is 2.99. The van der Waals surface area contributed by atoms with Gasteiger partial charge in [0.15, 0.2) is 5.78 Å². The molecule has 1 unspecified atom stereocenters. The van der Waals surface area contributed by atoms with Gasteiger partial charge >= 0.3 is 5.97 Å². The summed E-state index contributed by atoms with van der Waals surface area (Å²) in [7, 11) is 6.40. The van der Waals surface area contributed by atoms with Crippen LogP contribution in [-0.4, -0.2) is 191 Å². The summed E-state index contributed by atoms with van der Waals surface area (Å²) in [4.78, 5) is 142. The summed E-state index contributed by atoms with van der Waals surface area (Å²) in [6.07, 6.45) is 3.65. The number of ether oxygens (including phenoxy) is 2. The lowest BCUT2D eigenvalue weighted by Gasteiger charge is -2.41. The topological polar surface area (TPSA) is 312 Å². The monoisotopic (exact) mass is 1170 g/mol. The number of hydrogen-bond acceptors (Lipinski definition) is 15. The molecule has 82 heavy (non-hydrogen) atoms. The lowest BCUT2D eigenvalue weighted by Crippen LogP contribution is -2.60. The number of hydrazine groups is 1. The minimum atomic E-state index is -1.22. The van der Waals surface area contributed by atoms with E-state index in [-0.39, 0.29) is 79.9 Å². The number of aromatic nitrogens is 1. The van der Waals surface area contributed by atoms with Crippen LogP contribution in [0.1, 0.15) is 125 Å². The van der Waals surface area contributed by atoms with E-state index < -0.39 is 102 Å². The van der Waals surface area contributed by atoms with E-state index in [0.717, 1.165) is 21.4 Å². The second-order valence-corrected chi connectivity index (χ2v) is 23.2. The molecule has 11 atom stereocenters. The second-order valence-electron chi connectivity index (χ2n) is 22.8. The predicted molar refractivity (Wildman–Crippen MR) is 311 cm³/mol. The first-order chi connectivity index (χ1) is 38.8. The highest BCUT2D eigenvalue weighted by molar-refractivity contribution is 7.80. The number of nitrogens with zero attached hydrogens (tertiary/aromatic N) is 4. The molecule has 2 saturated heterocycles. The van der Waals surface area contributed by atoms with E-state index in [0.29, 0.717) is 58.0 Å². The van der Waals surface area contributed by atoms with Crippen LogP contribution in [0.5, 0.6) is 0 Å². The van der Waals surface area contributed by atoms with Gasteiger partial charge in [-0.25, -0.2) is 4.79 Å². The maximum absolute atomic E-state index is 14.7. The maximum Gasteiger partial charge on any atom is 0.326 e. The minimum Gasteiger partial charge on any atom is -0.480 e. The molecular formula is C58H92N10O13S. The molecular weight excluding hydrogens is 1080 g/mol. The number of hydrogen-bond donors (Lipinski definition) is 8. The van der Waals surface area contributed by atoms with Gasteiger partial charge in [0.1, 0.15) is 18.0 Å². The number of unbranched alkanes of at least 4 members (excludes halogenated alkanes) is 2. The molecule has 0 bridgehead atoms. The fourth-order valence-electron chi connectivity index (χ4n) is 11.4. The van der Waals surface area contributed by atoms with Crippen molar-refractivity contribution >= 4 is 82.5 Å². The Morgan fingerprint density at radius 3 is 2.13 bits per heavy atom. The van der Waals surface area contributed by atoms with Crippen LogP contribution in [0.15, 0.2) is 30.5 Å². The highest BCUT2D eigenvalue weighted by atomic mass is 32.1. The van der Waals surface area contributed by atoms with Crippen LogP contribution >= 0.6 is 12.6 Å². The van der Waals surface area contributed by atoms with E-state index in [4.69, 9.17) is 15.2 Å². The molecule has 1 aromatic heterocycles. The van der Waals surface area contributed by atoms with Crippen LogP contribution in [-0.2, 0) is 63.8 Å². The van der Waals surface area contributed by atoms with Gasteiger partial charge < -0.3 is 45.7 Å². The molecule has 4 rings (SSSR count). The van der Waals surface area contributed by atoms with Crippen molar-refractivity contribution in [1.29, 1.82) is 0 Å². The highest BCUT2D eigenvalue weighted by Crippen LogP contribution is 2.31. The van der Waals surface area contributed by atoms with Crippen LogP contribution in [0.25, 0.3) is 10.9 Å². The summed E-state index contributed by atoms with van der Waals surface area (Å²) >= 11 is 4.00. The van der Waals surface area contributed by atoms with Crippen molar-refractivity contribution in [2.75, 3.05) is 53.7 Å². The van der Waals surface area contributed by atoms with Gasteiger partial charge in [-0.2, -0.15) is 12.6 Å². The number of nitrogens with one attached hydrogen (secondary N) is 5. The molecule has 0 aliphatic carbocycles. The van der Waals surface area contributed by atoms with Crippen molar-refractivity contribution in [3.8, 4) is 0 Å².